The van der Waals surface area contributed by atoms with Crippen LogP contribution in [-0.4, -0.2) is 18.7 Å². The van der Waals surface area contributed by atoms with E-state index in [-0.39, 0.29) is 5.97 Å². The molecule has 1 aliphatic rings. The molecule has 0 bridgehead atoms. The molecule has 1 atom stereocenters. The summed E-state index contributed by atoms with van der Waals surface area (Å²) in [6.45, 7) is 4.26. The monoisotopic (exact) mass is 220 g/mol. The number of hydrogen-bond acceptors (Lipinski definition) is 3. The highest BCUT2D eigenvalue weighted by Gasteiger charge is 2.26. The lowest BCUT2D eigenvalue weighted by Crippen LogP contribution is -2.32. The fourth-order valence-corrected chi connectivity index (χ4v) is 1.92. The lowest BCUT2D eigenvalue weighted by atomic mass is 10.0. The molecule has 0 radical (unpaired) electrons. The van der Waals surface area contributed by atoms with Crippen LogP contribution in [0.5, 0.6) is 5.75 Å². The Hall–Kier alpha value is -1.51. The minimum Gasteiger partial charge on any atom is -0.478 e. The number of ether oxygens (including phenoxy) is 2. The molecule has 0 spiro atoms. The van der Waals surface area contributed by atoms with Gasteiger partial charge in [-0.15, -0.1) is 0 Å². The van der Waals surface area contributed by atoms with Crippen LogP contribution in [0.25, 0.3) is 0 Å². The average molecular weight is 220 g/mol. The van der Waals surface area contributed by atoms with Crippen molar-refractivity contribution < 1.29 is 14.3 Å². The third-order valence-corrected chi connectivity index (χ3v) is 2.71. The van der Waals surface area contributed by atoms with Crippen molar-refractivity contribution in [3.05, 3.63) is 29.3 Å². The molecule has 1 aromatic rings. The van der Waals surface area contributed by atoms with Crippen LogP contribution < -0.4 is 4.74 Å². The van der Waals surface area contributed by atoms with Crippen LogP contribution >= 0.6 is 0 Å². The Balaban J connectivity index is 2.12. The van der Waals surface area contributed by atoms with Crippen molar-refractivity contribution in [2.45, 2.75) is 32.8 Å². The summed E-state index contributed by atoms with van der Waals surface area (Å²) in [6.07, 6.45) is 1.14. The van der Waals surface area contributed by atoms with E-state index in [1.165, 1.54) is 11.1 Å². The first-order valence-corrected chi connectivity index (χ1v) is 5.63. The van der Waals surface area contributed by atoms with Crippen LogP contribution in [0, 0.1) is 6.92 Å². The van der Waals surface area contributed by atoms with Gasteiger partial charge in [-0.2, -0.15) is 0 Å². The summed E-state index contributed by atoms with van der Waals surface area (Å²) in [5.74, 6) is 0.559. The smallest absolute Gasteiger partial charge is 0.347 e. The van der Waals surface area contributed by atoms with Crippen molar-refractivity contribution >= 4 is 5.97 Å². The van der Waals surface area contributed by atoms with Gasteiger partial charge in [-0.3, -0.25) is 0 Å². The van der Waals surface area contributed by atoms with Crippen molar-refractivity contribution in [1.29, 1.82) is 0 Å². The topological polar surface area (TPSA) is 35.5 Å². The number of benzene rings is 1. The average Bonchev–Trinajstić information content (AvgIpc) is 2.28. The Morgan fingerprint density at radius 3 is 3.12 bits per heavy atom. The van der Waals surface area contributed by atoms with Gasteiger partial charge in [-0.1, -0.05) is 17.7 Å². The standard InChI is InChI=1S/C13H16O3/c1-3-15-13(14)12-7-5-10-8-9(2)4-6-11(10)16-12/h4,6,8,12H,3,5,7H2,1-2H3. The van der Waals surface area contributed by atoms with E-state index >= 15 is 0 Å². The van der Waals surface area contributed by atoms with Crippen LogP contribution in [0.1, 0.15) is 24.5 Å². The number of rotatable bonds is 2. The number of carbonyl (C=O) groups excluding carboxylic acids is 1. The molecule has 0 amide bonds. The third kappa shape index (κ3) is 2.18. The van der Waals surface area contributed by atoms with Crippen molar-refractivity contribution in [2.24, 2.45) is 0 Å². The van der Waals surface area contributed by atoms with Gasteiger partial charge in [0.2, 0.25) is 0 Å². The molecule has 3 nitrogen and oxygen atoms in total. The summed E-state index contributed by atoms with van der Waals surface area (Å²) in [5, 5.41) is 0. The van der Waals surface area contributed by atoms with Crippen LogP contribution in [0.4, 0.5) is 0 Å². The van der Waals surface area contributed by atoms with Crippen LogP contribution in [0.2, 0.25) is 0 Å². The van der Waals surface area contributed by atoms with Gasteiger partial charge < -0.3 is 9.47 Å². The molecule has 1 aromatic carbocycles. The van der Waals surface area contributed by atoms with Crippen LogP contribution in [0.3, 0.4) is 0 Å². The van der Waals surface area contributed by atoms with Gasteiger partial charge in [0.05, 0.1) is 6.61 Å². The fourth-order valence-electron chi connectivity index (χ4n) is 1.92. The Kier molecular flexibility index (Phi) is 3.13. The summed E-state index contributed by atoms with van der Waals surface area (Å²) in [4.78, 5) is 11.5. The summed E-state index contributed by atoms with van der Waals surface area (Å²) < 4.78 is 10.6. The molecule has 0 N–H and O–H groups in total. The van der Waals surface area contributed by atoms with E-state index < -0.39 is 6.10 Å². The van der Waals surface area contributed by atoms with E-state index in [4.69, 9.17) is 9.47 Å². The molecule has 0 saturated heterocycles. The highest BCUT2D eigenvalue weighted by atomic mass is 16.6. The van der Waals surface area contributed by atoms with Crippen molar-refractivity contribution in [2.75, 3.05) is 6.61 Å². The van der Waals surface area contributed by atoms with E-state index in [9.17, 15) is 4.79 Å². The van der Waals surface area contributed by atoms with Crippen LogP contribution in [-0.2, 0) is 16.0 Å². The lowest BCUT2D eigenvalue weighted by Gasteiger charge is -2.24. The van der Waals surface area contributed by atoms with Gasteiger partial charge in [-0.05, 0) is 38.3 Å². The maximum Gasteiger partial charge on any atom is 0.347 e. The zero-order chi connectivity index (χ0) is 11.5. The zero-order valence-corrected chi connectivity index (χ0v) is 9.66. The number of hydrogen-bond donors (Lipinski definition) is 0. The Labute approximate surface area is 95.4 Å². The van der Waals surface area contributed by atoms with Gasteiger partial charge in [0, 0.05) is 0 Å². The molecular formula is C13H16O3. The minimum absolute atomic E-state index is 0.256. The van der Waals surface area contributed by atoms with Gasteiger partial charge in [0.25, 0.3) is 0 Å². The largest absolute Gasteiger partial charge is 0.478 e. The second kappa shape index (κ2) is 4.56. The summed E-state index contributed by atoms with van der Waals surface area (Å²) in [7, 11) is 0. The number of aryl methyl sites for hydroxylation is 2. The lowest BCUT2D eigenvalue weighted by molar-refractivity contribution is -0.152. The normalized spacial score (nSPS) is 18.5. The fraction of sp³-hybridized carbons (Fsp3) is 0.462. The molecular weight excluding hydrogens is 204 g/mol. The number of fused-ring (bicyclic) bond motifs is 1. The van der Waals surface area contributed by atoms with E-state index in [0.717, 1.165) is 12.2 Å². The van der Waals surface area contributed by atoms with Crippen molar-refractivity contribution in [3.63, 3.8) is 0 Å². The van der Waals surface area contributed by atoms with Crippen molar-refractivity contribution in [1.82, 2.24) is 0 Å². The summed E-state index contributed by atoms with van der Waals surface area (Å²) in [6, 6.07) is 6.03. The quantitative estimate of drug-likeness (QED) is 0.717. The molecule has 16 heavy (non-hydrogen) atoms. The van der Waals surface area contributed by atoms with Gasteiger partial charge >= 0.3 is 5.97 Å². The van der Waals surface area contributed by atoms with E-state index in [1.54, 1.807) is 6.92 Å². The highest BCUT2D eigenvalue weighted by molar-refractivity contribution is 5.75. The predicted molar refractivity (Wildman–Crippen MR) is 60.5 cm³/mol. The molecule has 1 unspecified atom stereocenters. The first-order valence-electron chi connectivity index (χ1n) is 5.63. The predicted octanol–water partition coefficient (Wildman–Crippen LogP) is 2.25. The number of esters is 1. The molecule has 86 valence electrons. The van der Waals surface area contributed by atoms with Gasteiger partial charge in [0.1, 0.15) is 5.75 Å². The van der Waals surface area contributed by atoms with E-state index in [0.29, 0.717) is 13.0 Å². The third-order valence-electron chi connectivity index (χ3n) is 2.71. The van der Waals surface area contributed by atoms with Gasteiger partial charge in [0.15, 0.2) is 6.10 Å². The van der Waals surface area contributed by atoms with Gasteiger partial charge in [-0.25, -0.2) is 4.79 Å². The molecule has 1 heterocycles. The van der Waals surface area contributed by atoms with Crippen molar-refractivity contribution in [3.8, 4) is 5.75 Å². The summed E-state index contributed by atoms with van der Waals surface area (Å²) in [5.41, 5.74) is 2.40. The maximum absolute atomic E-state index is 11.5. The second-order valence-corrected chi connectivity index (χ2v) is 4.01. The molecule has 0 fully saturated rings. The molecule has 3 heteroatoms. The highest BCUT2D eigenvalue weighted by Crippen LogP contribution is 2.28. The first kappa shape index (κ1) is 11.0. The number of carbonyl (C=O) groups is 1. The summed E-state index contributed by atoms with van der Waals surface area (Å²) >= 11 is 0. The maximum atomic E-state index is 11.5. The molecule has 0 aromatic heterocycles. The van der Waals surface area contributed by atoms with E-state index in [2.05, 4.69) is 13.0 Å². The SMILES string of the molecule is CCOC(=O)C1CCc2cc(C)ccc2O1. The molecule has 0 aliphatic carbocycles. The first-order chi connectivity index (χ1) is 7.70. The van der Waals surface area contributed by atoms with Crippen LogP contribution in [0.15, 0.2) is 18.2 Å². The van der Waals surface area contributed by atoms with E-state index in [1.807, 2.05) is 12.1 Å². The molecule has 0 saturated carbocycles. The molecule has 2 rings (SSSR count). The molecule has 1 aliphatic heterocycles. The minimum atomic E-state index is -0.435. The Morgan fingerprint density at radius 2 is 2.38 bits per heavy atom. The Bertz CT molecular complexity index is 398. The Morgan fingerprint density at radius 1 is 1.56 bits per heavy atom. The zero-order valence-electron chi connectivity index (χ0n) is 9.66. The second-order valence-electron chi connectivity index (χ2n) is 4.01.